The molecule has 0 spiro atoms. The summed E-state index contributed by atoms with van der Waals surface area (Å²) in [5.41, 5.74) is 13.2. The first-order chi connectivity index (χ1) is 32.0. The molecule has 2 saturated heterocycles. The van der Waals surface area contributed by atoms with Crippen LogP contribution >= 0.6 is 11.3 Å². The SMILES string of the molecule is Cc1ncsc1-c1ccc(C(C)NC(=O)C2CCCN2C(=O)C(c2cc(OCCN3CCN(CCC#CCn4cc(-c5cc(-c6ccccc6O)nnc5N)cn4)CC3)no2)C(C)C)cn1. The average molecular weight is 913 g/mol. The number of rotatable bonds is 16. The monoisotopic (exact) mass is 912 g/mol. The highest BCUT2D eigenvalue weighted by molar-refractivity contribution is 7.13. The van der Waals surface area contributed by atoms with E-state index in [4.69, 9.17) is 15.0 Å². The number of nitrogen functional groups attached to an aromatic ring is 1. The Balaban J connectivity index is 0.749. The summed E-state index contributed by atoms with van der Waals surface area (Å²) in [4.78, 5) is 44.2. The van der Waals surface area contributed by atoms with Gasteiger partial charge in [0, 0.05) is 87.4 Å². The maximum Gasteiger partial charge on any atom is 0.254 e. The van der Waals surface area contributed by atoms with Crippen LogP contribution in [0.4, 0.5) is 5.82 Å². The Kier molecular flexibility index (Phi) is 14.7. The number of aromatic hydroxyl groups is 1. The van der Waals surface area contributed by atoms with Crippen LogP contribution in [0.3, 0.4) is 0 Å². The van der Waals surface area contributed by atoms with E-state index in [1.807, 2.05) is 57.6 Å². The molecule has 5 aromatic heterocycles. The van der Waals surface area contributed by atoms with Gasteiger partial charge in [-0.25, -0.2) is 4.98 Å². The molecule has 6 aromatic rings. The summed E-state index contributed by atoms with van der Waals surface area (Å²) < 4.78 is 13.5. The number of likely N-dealkylation sites (tertiary alicyclic amines) is 1. The molecule has 4 N–H and O–H groups in total. The minimum absolute atomic E-state index is 0.0933. The number of piperazine rings is 1. The molecule has 3 atom stereocenters. The van der Waals surface area contributed by atoms with Crippen molar-refractivity contribution in [2.24, 2.45) is 5.92 Å². The van der Waals surface area contributed by atoms with Crippen molar-refractivity contribution in [2.45, 2.75) is 71.5 Å². The molecular formula is C48H56N12O5S. The van der Waals surface area contributed by atoms with Crippen molar-refractivity contribution < 1.29 is 24.0 Å². The lowest BCUT2D eigenvalue weighted by Crippen LogP contribution is -2.48. The molecule has 8 rings (SSSR count). The highest BCUT2D eigenvalue weighted by Crippen LogP contribution is 2.34. The Morgan fingerprint density at radius 1 is 0.970 bits per heavy atom. The van der Waals surface area contributed by atoms with Crippen LogP contribution in [0, 0.1) is 24.7 Å². The van der Waals surface area contributed by atoms with Gasteiger partial charge in [-0.2, -0.15) is 5.10 Å². The first-order valence-corrected chi connectivity index (χ1v) is 23.3. The topological polar surface area (TPSA) is 207 Å². The van der Waals surface area contributed by atoms with Crippen LogP contribution in [0.1, 0.15) is 69.0 Å². The minimum Gasteiger partial charge on any atom is -0.507 e. The molecule has 2 aliphatic rings. The number of carbonyl (C=O) groups is 2. The zero-order valence-electron chi connectivity index (χ0n) is 37.8. The normalized spacial score (nSPS) is 16.5. The lowest BCUT2D eigenvalue weighted by molar-refractivity contribution is -0.141. The maximum atomic E-state index is 14.1. The van der Waals surface area contributed by atoms with Crippen LogP contribution in [0.15, 0.2) is 77.2 Å². The lowest BCUT2D eigenvalue weighted by atomic mass is 9.91. The summed E-state index contributed by atoms with van der Waals surface area (Å²) in [6, 6.07) is 13.6. The summed E-state index contributed by atoms with van der Waals surface area (Å²) in [5.74, 6) is 6.67. The highest BCUT2D eigenvalue weighted by atomic mass is 32.1. The fourth-order valence-corrected chi connectivity index (χ4v) is 9.22. The Hall–Kier alpha value is -6.68. The Morgan fingerprint density at radius 2 is 1.77 bits per heavy atom. The second kappa shape index (κ2) is 21.1. The van der Waals surface area contributed by atoms with Gasteiger partial charge in [0.25, 0.3) is 5.88 Å². The van der Waals surface area contributed by atoms with Gasteiger partial charge in [-0.1, -0.05) is 38.0 Å². The van der Waals surface area contributed by atoms with Crippen LogP contribution in [0.5, 0.6) is 11.6 Å². The van der Waals surface area contributed by atoms with Gasteiger partial charge < -0.3 is 30.3 Å². The van der Waals surface area contributed by atoms with Crippen molar-refractivity contribution in [1.82, 2.24) is 55.1 Å². The Labute approximate surface area is 388 Å². The second-order valence-corrected chi connectivity index (χ2v) is 17.9. The van der Waals surface area contributed by atoms with E-state index < -0.39 is 12.0 Å². The molecule has 0 aliphatic carbocycles. The van der Waals surface area contributed by atoms with Crippen molar-refractivity contribution in [2.75, 3.05) is 58.2 Å². The zero-order valence-corrected chi connectivity index (χ0v) is 38.6. The number of nitrogens with zero attached hydrogens (tertiary/aromatic N) is 10. The molecule has 18 heteroatoms. The predicted molar refractivity (Wildman–Crippen MR) is 251 cm³/mol. The molecule has 0 saturated carbocycles. The van der Waals surface area contributed by atoms with Gasteiger partial charge in [0.05, 0.1) is 39.7 Å². The average Bonchev–Trinajstić information content (AvgIpc) is 4.16. The molecule has 3 unspecified atom stereocenters. The third kappa shape index (κ3) is 10.9. The van der Waals surface area contributed by atoms with E-state index in [1.165, 1.54) is 0 Å². The Morgan fingerprint density at radius 3 is 2.52 bits per heavy atom. The molecule has 2 amide bonds. The first-order valence-electron chi connectivity index (χ1n) is 22.4. The number of benzene rings is 1. The highest BCUT2D eigenvalue weighted by Gasteiger charge is 2.40. The van der Waals surface area contributed by atoms with Crippen molar-refractivity contribution in [3.05, 3.63) is 89.6 Å². The molecule has 2 aliphatic heterocycles. The number of anilines is 1. The van der Waals surface area contributed by atoms with Crippen molar-refractivity contribution >= 4 is 29.0 Å². The molecule has 0 bridgehead atoms. The van der Waals surface area contributed by atoms with Gasteiger partial charge in [-0.15, -0.1) is 27.5 Å². The van der Waals surface area contributed by atoms with Gasteiger partial charge in [-0.3, -0.25) is 29.1 Å². The molecule has 7 heterocycles. The van der Waals surface area contributed by atoms with E-state index in [9.17, 15) is 14.7 Å². The molecule has 344 valence electrons. The Bertz CT molecular complexity index is 2660. The maximum absolute atomic E-state index is 14.1. The molecule has 2 fully saturated rings. The molecule has 1 aromatic carbocycles. The van der Waals surface area contributed by atoms with E-state index in [-0.39, 0.29) is 35.3 Å². The van der Waals surface area contributed by atoms with E-state index in [2.05, 4.69) is 57.4 Å². The number of carbonyl (C=O) groups excluding carboxylic acids is 2. The number of para-hydroxylation sites is 1. The molecule has 17 nitrogen and oxygen atoms in total. The van der Waals surface area contributed by atoms with E-state index in [0.717, 1.165) is 79.5 Å². The first kappa shape index (κ1) is 45.9. The number of thiazole rings is 1. The van der Waals surface area contributed by atoms with Gasteiger partial charge >= 0.3 is 0 Å². The van der Waals surface area contributed by atoms with Gasteiger partial charge in [-0.05, 0) is 67.6 Å². The summed E-state index contributed by atoms with van der Waals surface area (Å²) in [5, 5.41) is 30.3. The van der Waals surface area contributed by atoms with Gasteiger partial charge in [0.2, 0.25) is 11.8 Å². The largest absolute Gasteiger partial charge is 0.507 e. The molecular weight excluding hydrogens is 857 g/mol. The molecule has 0 radical (unpaired) electrons. The van der Waals surface area contributed by atoms with E-state index in [1.54, 1.807) is 63.6 Å². The number of ether oxygens (including phenoxy) is 1. The smallest absolute Gasteiger partial charge is 0.254 e. The number of nitrogens with one attached hydrogen (secondary N) is 1. The van der Waals surface area contributed by atoms with Crippen LogP contribution in [-0.2, 0) is 16.1 Å². The summed E-state index contributed by atoms with van der Waals surface area (Å²) in [6.07, 6.45) is 7.48. The minimum atomic E-state index is -0.606. The number of hydrogen-bond donors (Lipinski definition) is 3. The zero-order chi connectivity index (χ0) is 46.2. The van der Waals surface area contributed by atoms with Gasteiger partial charge in [0.1, 0.15) is 30.9 Å². The summed E-state index contributed by atoms with van der Waals surface area (Å²) in [6.45, 7) is 14.5. The second-order valence-electron chi connectivity index (χ2n) is 17.1. The fourth-order valence-electron chi connectivity index (χ4n) is 8.44. The number of aryl methyl sites for hydroxylation is 1. The quantitative estimate of drug-likeness (QED) is 0.0981. The van der Waals surface area contributed by atoms with Crippen LogP contribution in [0.2, 0.25) is 0 Å². The van der Waals surface area contributed by atoms with Crippen LogP contribution in [-0.4, -0.2) is 125 Å². The number of phenolic OH excluding ortho intramolecular Hbond substituents is 1. The standard InChI is InChI=1S/C48H56N12O5S/c1-31(2)44(48(63)60-18-10-12-40(60)47(62)53-32(3)34-14-15-38(50-27-34)45-33(4)51-30-66-45)42-26-43(56-65-42)64-24-23-58-21-19-57(20-22-58)16-8-5-9-17-59-29-35(28-52-59)37-25-39(54-55-46(37)49)36-11-6-7-13-41(36)61/h6-7,11,13-15,25-32,40,44,61H,8,10,12,16-24H2,1-4H3,(H2,49,55)(H,53,62). The summed E-state index contributed by atoms with van der Waals surface area (Å²) >= 11 is 1.55. The molecule has 66 heavy (non-hydrogen) atoms. The third-order valence-corrected chi connectivity index (χ3v) is 13.1. The van der Waals surface area contributed by atoms with E-state index >= 15 is 0 Å². The number of nitrogens with two attached hydrogens (primary N) is 1. The number of hydrogen-bond acceptors (Lipinski definition) is 15. The van der Waals surface area contributed by atoms with Crippen LogP contribution < -0.4 is 15.8 Å². The number of aromatic nitrogens is 7. The number of phenols is 1. The lowest BCUT2D eigenvalue weighted by Gasteiger charge is -2.34. The van der Waals surface area contributed by atoms with Crippen molar-refractivity contribution in [3.63, 3.8) is 0 Å². The fraction of sp³-hybridized carbons (Fsp3) is 0.417. The van der Waals surface area contributed by atoms with Crippen molar-refractivity contribution in [3.8, 4) is 56.4 Å². The van der Waals surface area contributed by atoms with E-state index in [0.29, 0.717) is 54.6 Å². The van der Waals surface area contributed by atoms with Crippen molar-refractivity contribution in [1.29, 1.82) is 0 Å². The third-order valence-electron chi connectivity index (χ3n) is 12.2. The number of pyridine rings is 1. The predicted octanol–water partition coefficient (Wildman–Crippen LogP) is 5.81. The van der Waals surface area contributed by atoms with Gasteiger partial charge in [0.15, 0.2) is 11.6 Å². The number of amides is 2. The van der Waals surface area contributed by atoms with Crippen LogP contribution in [0.25, 0.3) is 33.0 Å². The summed E-state index contributed by atoms with van der Waals surface area (Å²) in [7, 11) is 0.